The molecule has 0 aliphatic rings. The fraction of sp³-hybridized carbons (Fsp3) is 0.125. The fourth-order valence-corrected chi connectivity index (χ4v) is 10.4. The number of benzene rings is 9. The first-order valence-electron chi connectivity index (χ1n) is 23.7. The first kappa shape index (κ1) is 41.4. The molecule has 0 fully saturated rings. The Balaban J connectivity index is 0.909. The minimum Gasteiger partial charge on any atom is -0.309 e. The van der Waals surface area contributed by atoms with Crippen LogP contribution >= 0.6 is 0 Å². The van der Waals surface area contributed by atoms with Crippen LogP contribution in [0.15, 0.2) is 206 Å². The zero-order valence-corrected chi connectivity index (χ0v) is 39.4. The Morgan fingerprint density at radius 2 is 0.574 bits per heavy atom. The molecule has 0 saturated heterocycles. The van der Waals surface area contributed by atoms with Crippen LogP contribution in [0.5, 0.6) is 0 Å². The van der Waals surface area contributed by atoms with Gasteiger partial charge in [0, 0.05) is 44.0 Å². The van der Waals surface area contributed by atoms with E-state index in [1.807, 2.05) is 12.1 Å². The summed E-state index contributed by atoms with van der Waals surface area (Å²) in [6.07, 6.45) is 0. The maximum absolute atomic E-state index is 5.29. The molecule has 328 valence electrons. The summed E-state index contributed by atoms with van der Waals surface area (Å²) in [6, 6.07) is 74.8. The Morgan fingerprint density at radius 3 is 0.897 bits per heavy atom. The Morgan fingerprint density at radius 1 is 0.294 bits per heavy atom. The van der Waals surface area contributed by atoms with E-state index in [2.05, 4.69) is 245 Å². The topological polar surface area (TPSA) is 35.6 Å². The van der Waals surface area contributed by atoms with Gasteiger partial charge in [0.15, 0.2) is 0 Å². The molecule has 0 aliphatic carbocycles. The van der Waals surface area contributed by atoms with Crippen LogP contribution in [0.25, 0.3) is 111 Å². The first-order chi connectivity index (χ1) is 33.0. The van der Waals surface area contributed by atoms with Gasteiger partial charge in [-0.25, -0.2) is 9.97 Å². The number of aromatic nitrogens is 4. The van der Waals surface area contributed by atoms with Crippen molar-refractivity contribution in [1.29, 1.82) is 0 Å². The van der Waals surface area contributed by atoms with Crippen molar-refractivity contribution < 1.29 is 0 Å². The lowest BCUT2D eigenvalue weighted by molar-refractivity contribution is 0.587. The summed E-state index contributed by atoms with van der Waals surface area (Å²) in [5.74, 6) is 0. The monoisotopic (exact) mass is 876 g/mol. The summed E-state index contributed by atoms with van der Waals surface area (Å²) in [5, 5.41) is 5.08. The maximum Gasteiger partial charge on any atom is 0.0973 e. The van der Waals surface area contributed by atoms with Crippen molar-refractivity contribution in [3.8, 4) is 56.1 Å². The summed E-state index contributed by atoms with van der Waals surface area (Å²) < 4.78 is 4.88. The van der Waals surface area contributed by atoms with Crippen LogP contribution in [-0.2, 0) is 10.8 Å². The molecule has 12 rings (SSSR count). The Hall–Kier alpha value is -8.08. The minimum atomic E-state index is -0.102. The molecule has 0 aliphatic heterocycles. The standard InChI is InChI=1S/C64H52N4/c1-63(2,3)51-39-45(35-37-59(51)67-55-23-13-7-17-47(55)48-18-8-14-24-56(48)67)41-27-31-43(32-28-41)61-62(66-54-22-12-11-21-53(54)65-61)44-33-29-42(30-34-44)46-36-38-60(52(40-46)64(4,5)6)68-57-25-15-9-19-49(57)50-20-10-16-26-58(50)68/h7-40H,1-6H3. The number of nitrogens with zero attached hydrogens (tertiary/aromatic N) is 4. The molecule has 12 aromatic rings. The molecule has 0 unspecified atom stereocenters. The number of rotatable bonds is 6. The van der Waals surface area contributed by atoms with Crippen LogP contribution in [0, 0.1) is 0 Å². The van der Waals surface area contributed by atoms with Gasteiger partial charge in [0.05, 0.1) is 44.5 Å². The Kier molecular flexibility index (Phi) is 9.60. The lowest BCUT2D eigenvalue weighted by Crippen LogP contribution is -2.15. The molecule has 3 heterocycles. The van der Waals surface area contributed by atoms with Gasteiger partial charge >= 0.3 is 0 Å². The predicted octanol–water partition coefficient (Wildman–Crippen LogP) is 17.1. The minimum absolute atomic E-state index is 0.102. The molecule has 9 aromatic carbocycles. The highest BCUT2D eigenvalue weighted by molar-refractivity contribution is 6.10. The smallest absolute Gasteiger partial charge is 0.0973 e. The largest absolute Gasteiger partial charge is 0.309 e. The lowest BCUT2D eigenvalue weighted by Gasteiger charge is -2.25. The average molecular weight is 877 g/mol. The number of hydrogen-bond donors (Lipinski definition) is 0. The van der Waals surface area contributed by atoms with Gasteiger partial charge in [-0.3, -0.25) is 0 Å². The van der Waals surface area contributed by atoms with Crippen molar-refractivity contribution in [2.75, 3.05) is 0 Å². The average Bonchev–Trinajstić information content (AvgIpc) is 3.88. The van der Waals surface area contributed by atoms with Crippen LogP contribution in [-0.4, -0.2) is 19.1 Å². The zero-order chi connectivity index (χ0) is 46.3. The van der Waals surface area contributed by atoms with Gasteiger partial charge in [0.2, 0.25) is 0 Å². The van der Waals surface area contributed by atoms with Gasteiger partial charge < -0.3 is 9.13 Å². The van der Waals surface area contributed by atoms with Crippen LogP contribution in [0.2, 0.25) is 0 Å². The van der Waals surface area contributed by atoms with Crippen LogP contribution in [0.4, 0.5) is 0 Å². The molecule has 68 heavy (non-hydrogen) atoms. The quantitative estimate of drug-likeness (QED) is 0.167. The third-order valence-corrected chi connectivity index (χ3v) is 13.8. The van der Waals surface area contributed by atoms with Crippen molar-refractivity contribution in [3.05, 3.63) is 217 Å². The molecule has 0 atom stereocenters. The third-order valence-electron chi connectivity index (χ3n) is 13.8. The molecule has 0 N–H and O–H groups in total. The molecule has 0 radical (unpaired) electrons. The van der Waals surface area contributed by atoms with E-state index in [0.717, 1.165) is 44.7 Å². The van der Waals surface area contributed by atoms with Crippen LogP contribution in [0.3, 0.4) is 0 Å². The Bertz CT molecular complexity index is 3540. The third kappa shape index (κ3) is 6.90. The number of fused-ring (bicyclic) bond motifs is 7. The predicted molar refractivity (Wildman–Crippen MR) is 287 cm³/mol. The summed E-state index contributed by atoms with van der Waals surface area (Å²) in [6.45, 7) is 13.9. The molecule has 0 saturated carbocycles. The van der Waals surface area contributed by atoms with Crippen molar-refractivity contribution in [1.82, 2.24) is 19.1 Å². The molecule has 4 nitrogen and oxygen atoms in total. The highest BCUT2D eigenvalue weighted by atomic mass is 15.0. The van der Waals surface area contributed by atoms with E-state index < -0.39 is 0 Å². The van der Waals surface area contributed by atoms with E-state index in [1.165, 1.54) is 77.2 Å². The van der Waals surface area contributed by atoms with E-state index in [4.69, 9.17) is 9.97 Å². The summed E-state index contributed by atoms with van der Waals surface area (Å²) in [4.78, 5) is 10.6. The summed E-state index contributed by atoms with van der Waals surface area (Å²) >= 11 is 0. The van der Waals surface area contributed by atoms with Gasteiger partial charge in [-0.1, -0.05) is 187 Å². The molecular formula is C64H52N4. The molecule has 3 aromatic heterocycles. The second kappa shape index (κ2) is 15.8. The zero-order valence-electron chi connectivity index (χ0n) is 39.4. The number of hydrogen-bond acceptors (Lipinski definition) is 2. The molecular weight excluding hydrogens is 825 g/mol. The molecule has 0 spiro atoms. The SMILES string of the molecule is CC(C)(C)c1cc(-c2ccc(-c3nc4ccccc4nc3-c3ccc(-c4ccc(-n5c6ccccc6c6ccccc65)c(C(C)(C)C)c4)cc3)cc2)ccc1-n1c2ccccc2c2ccccc21. The van der Waals surface area contributed by atoms with E-state index >= 15 is 0 Å². The molecule has 0 bridgehead atoms. The van der Waals surface area contributed by atoms with Crippen LogP contribution < -0.4 is 0 Å². The van der Waals surface area contributed by atoms with Gasteiger partial charge in [-0.15, -0.1) is 0 Å². The van der Waals surface area contributed by atoms with E-state index in [1.54, 1.807) is 0 Å². The summed E-state index contributed by atoms with van der Waals surface area (Å²) in [7, 11) is 0. The van der Waals surface area contributed by atoms with Crippen molar-refractivity contribution in [3.63, 3.8) is 0 Å². The second-order valence-corrected chi connectivity index (χ2v) is 20.3. The van der Waals surface area contributed by atoms with Gasteiger partial charge in [-0.05, 0) is 105 Å². The van der Waals surface area contributed by atoms with Crippen LogP contribution in [0.1, 0.15) is 52.7 Å². The highest BCUT2D eigenvalue weighted by Crippen LogP contribution is 2.41. The maximum atomic E-state index is 5.29. The van der Waals surface area contributed by atoms with Gasteiger partial charge in [0.25, 0.3) is 0 Å². The Labute approximate surface area is 397 Å². The van der Waals surface area contributed by atoms with Crippen molar-refractivity contribution >= 4 is 54.6 Å². The highest BCUT2D eigenvalue weighted by Gasteiger charge is 2.25. The summed E-state index contributed by atoms with van der Waals surface area (Å²) in [5.41, 5.74) is 19.9. The van der Waals surface area contributed by atoms with E-state index in [0.29, 0.717) is 0 Å². The van der Waals surface area contributed by atoms with Gasteiger partial charge in [0.1, 0.15) is 0 Å². The van der Waals surface area contributed by atoms with E-state index in [9.17, 15) is 0 Å². The van der Waals surface area contributed by atoms with E-state index in [-0.39, 0.29) is 10.8 Å². The normalized spacial score (nSPS) is 12.3. The molecule has 4 heteroatoms. The first-order valence-corrected chi connectivity index (χ1v) is 23.7. The van der Waals surface area contributed by atoms with Gasteiger partial charge in [-0.2, -0.15) is 0 Å². The molecule has 0 amide bonds. The lowest BCUT2D eigenvalue weighted by atomic mass is 9.83. The van der Waals surface area contributed by atoms with Crippen molar-refractivity contribution in [2.45, 2.75) is 52.4 Å². The number of para-hydroxylation sites is 6. The second-order valence-electron chi connectivity index (χ2n) is 20.3. The van der Waals surface area contributed by atoms with Crippen molar-refractivity contribution in [2.24, 2.45) is 0 Å². The fourth-order valence-electron chi connectivity index (χ4n) is 10.4.